The van der Waals surface area contributed by atoms with E-state index in [2.05, 4.69) is 41.0 Å². The van der Waals surface area contributed by atoms with Gasteiger partial charge in [-0.3, -0.25) is 4.79 Å². The third kappa shape index (κ3) is 5.44. The van der Waals surface area contributed by atoms with E-state index in [4.69, 9.17) is 14.8 Å². The van der Waals surface area contributed by atoms with E-state index in [0.717, 1.165) is 38.7 Å². The number of benzene rings is 3. The first kappa shape index (κ1) is 25.9. The first-order chi connectivity index (χ1) is 18.5. The Labute approximate surface area is 231 Å². The van der Waals surface area contributed by atoms with Crippen LogP contribution in [0, 0.1) is 6.92 Å². The van der Waals surface area contributed by atoms with Crippen molar-refractivity contribution in [2.45, 2.75) is 35.7 Å². The van der Waals surface area contributed by atoms with Gasteiger partial charge in [0.05, 0.1) is 12.7 Å². The summed E-state index contributed by atoms with van der Waals surface area (Å²) in [4.78, 5) is 19.7. The number of fused-ring (bicyclic) bond motifs is 1. The van der Waals surface area contributed by atoms with Gasteiger partial charge in [0.25, 0.3) is 5.91 Å². The fourth-order valence-corrected chi connectivity index (χ4v) is 5.57. The van der Waals surface area contributed by atoms with Crippen LogP contribution in [0.25, 0.3) is 0 Å². The number of ether oxygens (including phenoxy) is 1. The van der Waals surface area contributed by atoms with Gasteiger partial charge in [0, 0.05) is 22.0 Å². The highest BCUT2D eigenvalue weighted by molar-refractivity contribution is 7.98. The zero-order chi connectivity index (χ0) is 26.6. The summed E-state index contributed by atoms with van der Waals surface area (Å²) in [5.74, 6) is 1.96. The van der Waals surface area contributed by atoms with Gasteiger partial charge in [-0.2, -0.15) is 4.98 Å². The van der Waals surface area contributed by atoms with Gasteiger partial charge in [0.2, 0.25) is 11.1 Å². The van der Waals surface area contributed by atoms with Crippen molar-refractivity contribution < 1.29 is 9.53 Å². The Balaban J connectivity index is 1.48. The zero-order valence-corrected chi connectivity index (χ0v) is 23.3. The van der Waals surface area contributed by atoms with E-state index in [9.17, 15) is 4.79 Å². The van der Waals surface area contributed by atoms with E-state index < -0.39 is 6.04 Å². The number of hydrogen-bond donors (Lipinski definition) is 2. The number of allylic oxidation sites excluding steroid dienone is 1. The summed E-state index contributed by atoms with van der Waals surface area (Å²) in [6, 6.07) is 23.6. The molecule has 1 amide bonds. The number of para-hydroxylation sites is 1. The number of hydrogen-bond acceptors (Lipinski definition) is 7. The molecule has 194 valence electrons. The molecule has 7 nitrogen and oxygen atoms in total. The number of aromatic nitrogens is 3. The zero-order valence-electron chi connectivity index (χ0n) is 21.7. The standard InChI is InChI=1S/C29H29N5O2S2/c1-18-8-5-6-11-24(18)31-27(35)25-19(2)30-28-32-29(38-17-20-9-7-10-22(16-20)36-3)33-34(28)26(25)21-12-14-23(37-4)15-13-21/h5-16,26H,17H2,1-4H3,(H,31,35)(H,30,32,33). The summed E-state index contributed by atoms with van der Waals surface area (Å²) in [6.07, 6.45) is 2.05. The molecule has 1 aliphatic heterocycles. The Morgan fingerprint density at radius 3 is 2.61 bits per heavy atom. The van der Waals surface area contributed by atoms with Crippen molar-refractivity contribution in [1.82, 2.24) is 14.8 Å². The van der Waals surface area contributed by atoms with Crippen LogP contribution < -0.4 is 15.4 Å². The van der Waals surface area contributed by atoms with Crippen LogP contribution >= 0.6 is 23.5 Å². The van der Waals surface area contributed by atoms with Gasteiger partial charge in [0.1, 0.15) is 11.8 Å². The lowest BCUT2D eigenvalue weighted by Crippen LogP contribution is -2.31. The molecule has 0 saturated carbocycles. The number of aryl methyl sites for hydroxylation is 1. The van der Waals surface area contributed by atoms with Crippen LogP contribution in [0.15, 0.2) is 94.1 Å². The van der Waals surface area contributed by atoms with Crippen molar-refractivity contribution in [3.63, 3.8) is 0 Å². The summed E-state index contributed by atoms with van der Waals surface area (Å²) in [7, 11) is 1.66. The monoisotopic (exact) mass is 543 g/mol. The Bertz CT molecular complexity index is 1500. The lowest BCUT2D eigenvalue weighted by Gasteiger charge is -2.29. The second-order valence-corrected chi connectivity index (χ2v) is 10.7. The molecule has 2 N–H and O–H groups in total. The van der Waals surface area contributed by atoms with Gasteiger partial charge in [-0.1, -0.05) is 54.2 Å². The van der Waals surface area contributed by atoms with Gasteiger partial charge in [-0.15, -0.1) is 16.9 Å². The molecule has 5 rings (SSSR count). The second kappa shape index (κ2) is 11.4. The lowest BCUT2D eigenvalue weighted by molar-refractivity contribution is -0.113. The summed E-state index contributed by atoms with van der Waals surface area (Å²) in [5, 5.41) is 11.9. The molecule has 1 unspecified atom stereocenters. The summed E-state index contributed by atoms with van der Waals surface area (Å²) >= 11 is 3.23. The van der Waals surface area contributed by atoms with Crippen molar-refractivity contribution >= 4 is 41.1 Å². The van der Waals surface area contributed by atoms with Crippen molar-refractivity contribution in [1.29, 1.82) is 0 Å². The van der Waals surface area contributed by atoms with Crippen LogP contribution in [0.4, 0.5) is 11.6 Å². The van der Waals surface area contributed by atoms with Gasteiger partial charge in [-0.05, 0) is 67.1 Å². The second-order valence-electron chi connectivity index (χ2n) is 8.91. The van der Waals surface area contributed by atoms with E-state index in [1.807, 2.05) is 67.2 Å². The Morgan fingerprint density at radius 2 is 1.87 bits per heavy atom. The maximum absolute atomic E-state index is 13.7. The number of carbonyl (C=O) groups excluding carboxylic acids is 1. The number of rotatable bonds is 8. The number of carbonyl (C=O) groups is 1. The van der Waals surface area contributed by atoms with Crippen LogP contribution in [-0.4, -0.2) is 34.0 Å². The summed E-state index contributed by atoms with van der Waals surface area (Å²) in [5.41, 5.74) is 5.22. The molecular formula is C29H29N5O2S2. The number of nitrogens with zero attached hydrogens (tertiary/aromatic N) is 3. The Hall–Kier alpha value is -3.69. The average Bonchev–Trinajstić information content (AvgIpc) is 3.35. The molecule has 0 aliphatic carbocycles. The minimum absolute atomic E-state index is 0.171. The highest BCUT2D eigenvalue weighted by Crippen LogP contribution is 2.37. The molecule has 9 heteroatoms. The molecule has 0 radical (unpaired) electrons. The molecule has 4 aromatic rings. The highest BCUT2D eigenvalue weighted by Gasteiger charge is 2.34. The largest absolute Gasteiger partial charge is 0.497 e. The van der Waals surface area contributed by atoms with Crippen LogP contribution in [-0.2, 0) is 10.5 Å². The van der Waals surface area contributed by atoms with Crippen LogP contribution in [0.5, 0.6) is 5.75 Å². The quantitative estimate of drug-likeness (QED) is 0.244. The SMILES string of the molecule is COc1cccc(CSc2nc3n(n2)C(c2ccc(SC)cc2)C(C(=O)Nc2ccccc2C)=C(C)N3)c1. The molecule has 0 bridgehead atoms. The average molecular weight is 544 g/mol. The van der Waals surface area contributed by atoms with E-state index >= 15 is 0 Å². The molecule has 1 aliphatic rings. The normalized spacial score (nSPS) is 14.6. The smallest absolute Gasteiger partial charge is 0.255 e. The van der Waals surface area contributed by atoms with Crippen molar-refractivity contribution in [2.24, 2.45) is 0 Å². The minimum atomic E-state index is -0.426. The third-order valence-corrected chi connectivity index (χ3v) is 8.06. The van der Waals surface area contributed by atoms with E-state index in [0.29, 0.717) is 22.4 Å². The van der Waals surface area contributed by atoms with Gasteiger partial charge in [-0.25, -0.2) is 4.68 Å². The Kier molecular flexibility index (Phi) is 7.76. The number of amides is 1. The van der Waals surface area contributed by atoms with Crippen molar-refractivity contribution in [3.05, 3.63) is 101 Å². The molecule has 0 spiro atoms. The van der Waals surface area contributed by atoms with Gasteiger partial charge < -0.3 is 15.4 Å². The first-order valence-corrected chi connectivity index (χ1v) is 14.4. The third-order valence-electron chi connectivity index (χ3n) is 6.40. The topological polar surface area (TPSA) is 81.1 Å². The van der Waals surface area contributed by atoms with Gasteiger partial charge >= 0.3 is 0 Å². The molecule has 3 aromatic carbocycles. The van der Waals surface area contributed by atoms with E-state index in [1.165, 1.54) is 0 Å². The van der Waals surface area contributed by atoms with E-state index in [1.54, 1.807) is 30.6 Å². The maximum atomic E-state index is 13.7. The minimum Gasteiger partial charge on any atom is -0.497 e. The number of thioether (sulfide) groups is 2. The van der Waals surface area contributed by atoms with Crippen LogP contribution in [0.1, 0.15) is 29.7 Å². The molecule has 0 saturated heterocycles. The number of methoxy groups -OCH3 is 1. The maximum Gasteiger partial charge on any atom is 0.255 e. The molecule has 2 heterocycles. The number of anilines is 2. The lowest BCUT2D eigenvalue weighted by atomic mass is 9.95. The fraction of sp³-hybridized carbons (Fsp3) is 0.207. The highest BCUT2D eigenvalue weighted by atomic mass is 32.2. The summed E-state index contributed by atoms with van der Waals surface area (Å²) < 4.78 is 7.17. The number of nitrogens with one attached hydrogen (secondary N) is 2. The predicted molar refractivity (Wildman–Crippen MR) is 155 cm³/mol. The molecule has 38 heavy (non-hydrogen) atoms. The van der Waals surface area contributed by atoms with Crippen LogP contribution in [0.3, 0.4) is 0 Å². The summed E-state index contributed by atoms with van der Waals surface area (Å²) in [6.45, 7) is 3.90. The molecule has 1 aromatic heterocycles. The van der Waals surface area contributed by atoms with Crippen LogP contribution in [0.2, 0.25) is 0 Å². The van der Waals surface area contributed by atoms with Gasteiger partial charge in [0.15, 0.2) is 0 Å². The first-order valence-electron chi connectivity index (χ1n) is 12.2. The van der Waals surface area contributed by atoms with E-state index in [-0.39, 0.29) is 5.91 Å². The molecule has 0 fully saturated rings. The predicted octanol–water partition coefficient (Wildman–Crippen LogP) is 6.54. The van der Waals surface area contributed by atoms with Crippen molar-refractivity contribution in [2.75, 3.05) is 24.0 Å². The van der Waals surface area contributed by atoms with Crippen molar-refractivity contribution in [3.8, 4) is 5.75 Å². The molecule has 1 atom stereocenters. The molecular weight excluding hydrogens is 514 g/mol. The Morgan fingerprint density at radius 1 is 1.08 bits per heavy atom. The fourth-order valence-electron chi connectivity index (χ4n) is 4.39.